The van der Waals surface area contributed by atoms with Gasteiger partial charge >= 0.3 is 6.18 Å². The highest BCUT2D eigenvalue weighted by atomic mass is 32.1. The Kier molecular flexibility index (Phi) is 7.82. The molecule has 2 aliphatic heterocycles. The van der Waals surface area contributed by atoms with Gasteiger partial charge in [-0.05, 0) is 44.6 Å². The minimum absolute atomic E-state index is 0.0799. The number of aromatic nitrogens is 3. The zero-order valence-electron chi connectivity index (χ0n) is 22.1. The summed E-state index contributed by atoms with van der Waals surface area (Å²) in [4.78, 5) is 11.7. The summed E-state index contributed by atoms with van der Waals surface area (Å²) in [5.74, 6) is 1.46. The number of likely N-dealkylation sites (tertiary alicyclic amines) is 1. The van der Waals surface area contributed by atoms with Crippen LogP contribution in [0.1, 0.15) is 44.6 Å². The maximum absolute atomic E-state index is 12.7. The first-order valence-corrected chi connectivity index (χ1v) is 14.6. The second-order valence-electron chi connectivity index (χ2n) is 10.8. The number of fused-ring (bicyclic) bond motifs is 1. The highest BCUT2D eigenvalue weighted by molar-refractivity contribution is 7.22. The quantitative estimate of drug-likeness (QED) is 0.280. The van der Waals surface area contributed by atoms with Crippen molar-refractivity contribution in [1.29, 1.82) is 0 Å². The highest BCUT2D eigenvalue weighted by Gasteiger charge is 2.33. The Balaban J connectivity index is 1.20. The van der Waals surface area contributed by atoms with E-state index in [0.717, 1.165) is 46.3 Å². The molecule has 0 radical (unpaired) electrons. The smallest absolute Gasteiger partial charge is 0.401 e. The predicted molar refractivity (Wildman–Crippen MR) is 149 cm³/mol. The minimum atomic E-state index is -4.17. The van der Waals surface area contributed by atoms with Crippen molar-refractivity contribution < 1.29 is 22.6 Å². The number of ether oxygens (including phenoxy) is 2. The van der Waals surface area contributed by atoms with Crippen molar-refractivity contribution in [3.05, 3.63) is 42.2 Å². The van der Waals surface area contributed by atoms with Crippen LogP contribution >= 0.6 is 11.3 Å². The molecule has 2 N–H and O–H groups in total. The summed E-state index contributed by atoms with van der Waals surface area (Å²) < 4.78 is 53.0. The van der Waals surface area contributed by atoms with Crippen molar-refractivity contribution in [2.45, 2.75) is 56.8 Å². The summed E-state index contributed by atoms with van der Waals surface area (Å²) >= 11 is 1.57. The predicted octanol–water partition coefficient (Wildman–Crippen LogP) is 5.57. The van der Waals surface area contributed by atoms with Gasteiger partial charge in [-0.2, -0.15) is 18.3 Å². The first-order chi connectivity index (χ1) is 19.3. The van der Waals surface area contributed by atoms with E-state index >= 15 is 0 Å². The van der Waals surface area contributed by atoms with E-state index in [-0.39, 0.29) is 12.0 Å². The average molecular weight is 575 g/mol. The van der Waals surface area contributed by atoms with Crippen LogP contribution in [0.4, 0.5) is 13.2 Å². The zero-order chi connectivity index (χ0) is 27.7. The molecule has 1 saturated carbocycles. The summed E-state index contributed by atoms with van der Waals surface area (Å²) in [5, 5.41) is 4.56. The van der Waals surface area contributed by atoms with Gasteiger partial charge in [0.05, 0.1) is 47.0 Å². The van der Waals surface area contributed by atoms with Crippen LogP contribution in [0.5, 0.6) is 5.75 Å². The van der Waals surface area contributed by atoms with E-state index in [1.165, 1.54) is 4.90 Å². The van der Waals surface area contributed by atoms with Gasteiger partial charge in [0.25, 0.3) is 0 Å². The van der Waals surface area contributed by atoms with Crippen LogP contribution < -0.4 is 10.5 Å². The minimum Gasteiger partial charge on any atom is -0.452 e. The summed E-state index contributed by atoms with van der Waals surface area (Å²) in [5.41, 5.74) is 9.09. The second-order valence-corrected chi connectivity index (χ2v) is 11.8. The number of alkyl halides is 3. The van der Waals surface area contributed by atoms with Crippen LogP contribution in [-0.4, -0.2) is 70.9 Å². The fourth-order valence-corrected chi connectivity index (χ4v) is 6.32. The van der Waals surface area contributed by atoms with Crippen molar-refractivity contribution in [2.75, 3.05) is 32.8 Å². The van der Waals surface area contributed by atoms with Crippen molar-refractivity contribution in [2.24, 2.45) is 16.6 Å². The molecule has 8 nitrogen and oxygen atoms in total. The maximum Gasteiger partial charge on any atom is 0.401 e. The van der Waals surface area contributed by atoms with Gasteiger partial charge in [-0.25, -0.2) is 0 Å². The van der Waals surface area contributed by atoms with Crippen LogP contribution in [0.2, 0.25) is 0 Å². The number of allylic oxidation sites excluding steroid dienone is 2. The Hall–Kier alpha value is -2.96. The molecule has 2 saturated heterocycles. The summed E-state index contributed by atoms with van der Waals surface area (Å²) in [7, 11) is 0. The van der Waals surface area contributed by atoms with E-state index in [2.05, 4.69) is 15.1 Å². The lowest BCUT2D eigenvalue weighted by Crippen LogP contribution is -2.40. The van der Waals surface area contributed by atoms with E-state index in [1.807, 2.05) is 29.2 Å². The number of rotatable bonds is 8. The Labute approximate surface area is 234 Å². The Bertz CT molecular complexity index is 1380. The molecule has 3 aromatic heterocycles. The van der Waals surface area contributed by atoms with Gasteiger partial charge < -0.3 is 15.2 Å². The third-order valence-electron chi connectivity index (χ3n) is 7.71. The van der Waals surface area contributed by atoms with Gasteiger partial charge in [-0.3, -0.25) is 19.6 Å². The van der Waals surface area contributed by atoms with Crippen LogP contribution in [0.3, 0.4) is 0 Å². The van der Waals surface area contributed by atoms with Crippen LogP contribution in [0, 0.1) is 5.92 Å². The number of pyridine rings is 1. The highest BCUT2D eigenvalue weighted by Crippen LogP contribution is 2.39. The lowest BCUT2D eigenvalue weighted by Gasteiger charge is -2.32. The molecule has 12 heteroatoms. The number of hydrogen-bond acceptors (Lipinski definition) is 8. The van der Waals surface area contributed by atoms with Gasteiger partial charge in [-0.1, -0.05) is 0 Å². The lowest BCUT2D eigenvalue weighted by molar-refractivity contribution is -0.148. The van der Waals surface area contributed by atoms with E-state index in [9.17, 15) is 13.2 Å². The van der Waals surface area contributed by atoms with Crippen LogP contribution in [0.25, 0.3) is 20.7 Å². The van der Waals surface area contributed by atoms with Gasteiger partial charge in [0.1, 0.15) is 5.75 Å². The number of nitrogens with two attached hydrogens (primary N) is 1. The first-order valence-electron chi connectivity index (χ1n) is 13.8. The SMILES string of the molecule is NC(=C(C=NC1CC1)Oc1ccnc2cc(-c3cnn(C4CCN(CC(F)(F)F)CC4)c3)sc12)C1CCOCC1. The molecule has 40 heavy (non-hydrogen) atoms. The molecule has 0 amide bonds. The molecule has 1 aliphatic carbocycles. The summed E-state index contributed by atoms with van der Waals surface area (Å²) in [6, 6.07) is 4.30. The fourth-order valence-electron chi connectivity index (χ4n) is 5.28. The van der Waals surface area contributed by atoms with E-state index in [4.69, 9.17) is 15.2 Å². The Morgan fingerprint density at radius 1 is 1.18 bits per heavy atom. The maximum atomic E-state index is 12.7. The molecule has 0 bridgehead atoms. The Morgan fingerprint density at radius 3 is 2.67 bits per heavy atom. The molecule has 3 fully saturated rings. The average Bonchev–Trinajstić information content (AvgIpc) is 3.45. The van der Waals surface area contributed by atoms with Gasteiger partial charge in [0, 0.05) is 61.1 Å². The molecular formula is C28H33F3N6O2S. The number of hydrogen-bond donors (Lipinski definition) is 1. The van der Waals surface area contributed by atoms with Gasteiger partial charge in [0.15, 0.2) is 5.76 Å². The van der Waals surface area contributed by atoms with E-state index in [0.29, 0.717) is 62.4 Å². The molecule has 0 aromatic carbocycles. The lowest BCUT2D eigenvalue weighted by atomic mass is 9.96. The van der Waals surface area contributed by atoms with Crippen molar-refractivity contribution in [3.63, 3.8) is 0 Å². The van der Waals surface area contributed by atoms with Crippen LogP contribution in [0.15, 0.2) is 47.2 Å². The third kappa shape index (κ3) is 6.50. The molecule has 0 atom stereocenters. The topological polar surface area (TPSA) is 90.8 Å². The van der Waals surface area contributed by atoms with Gasteiger partial charge in [-0.15, -0.1) is 11.3 Å². The number of piperidine rings is 1. The molecule has 3 aromatic rings. The standard InChI is InChI=1S/C28H33F3N6O2S/c29-28(30,31)17-36-9-4-21(5-10-36)37-16-19(14-35-37)25-13-22-27(40-25)23(3-8-33-22)39-24(15-34-20-1-2-20)26(32)18-6-11-38-12-7-18/h3,8,13-16,18,20-21H,1-2,4-7,9-12,17,32H2. The number of halogens is 3. The molecule has 0 unspecified atom stereocenters. The van der Waals surface area contributed by atoms with E-state index in [1.54, 1.807) is 23.7 Å². The van der Waals surface area contributed by atoms with Crippen LogP contribution in [-0.2, 0) is 4.74 Å². The molecule has 0 spiro atoms. The normalized spacial score (nSPS) is 20.9. The molecular weight excluding hydrogens is 541 g/mol. The molecule has 214 valence electrons. The van der Waals surface area contributed by atoms with Crippen molar-refractivity contribution >= 4 is 27.8 Å². The molecule has 3 aliphatic rings. The van der Waals surface area contributed by atoms with Gasteiger partial charge in [0.2, 0.25) is 0 Å². The summed E-state index contributed by atoms with van der Waals surface area (Å²) in [6.07, 6.45) is 8.30. The van der Waals surface area contributed by atoms with Crippen molar-refractivity contribution in [3.8, 4) is 16.2 Å². The number of aliphatic imine (C=N–C) groups is 1. The third-order valence-corrected chi connectivity index (χ3v) is 8.90. The number of thiophene rings is 1. The largest absolute Gasteiger partial charge is 0.452 e. The molecule has 5 heterocycles. The van der Waals surface area contributed by atoms with E-state index < -0.39 is 12.7 Å². The monoisotopic (exact) mass is 574 g/mol. The summed E-state index contributed by atoms with van der Waals surface area (Å²) in [6.45, 7) is 1.33. The zero-order valence-corrected chi connectivity index (χ0v) is 23.0. The van der Waals surface area contributed by atoms with Crippen molar-refractivity contribution in [1.82, 2.24) is 19.7 Å². The molecule has 6 rings (SSSR count). The second kappa shape index (κ2) is 11.5. The Morgan fingerprint density at radius 2 is 1.95 bits per heavy atom. The number of nitrogens with zero attached hydrogens (tertiary/aromatic N) is 5. The fraction of sp³-hybridized carbons (Fsp3) is 0.536. The first kappa shape index (κ1) is 27.2.